The molecule has 1 aromatic rings. The van der Waals surface area contributed by atoms with Crippen molar-refractivity contribution in [1.82, 2.24) is 5.32 Å². The van der Waals surface area contributed by atoms with E-state index in [4.69, 9.17) is 0 Å². The van der Waals surface area contributed by atoms with E-state index in [-0.39, 0.29) is 11.2 Å². The number of benzene rings is 1. The summed E-state index contributed by atoms with van der Waals surface area (Å²) < 4.78 is 1.03. The monoisotopic (exact) mass is 267 g/mol. The van der Waals surface area contributed by atoms with Gasteiger partial charge in [0.2, 0.25) is 0 Å². The molecule has 1 aliphatic rings. The number of fused-ring (bicyclic) bond motifs is 1. The number of Topliss-reactive ketones (excluding diaryl/α,β-unsaturated/α-hetero) is 1. The van der Waals surface area contributed by atoms with Crippen LogP contribution in [-0.2, 0) is 5.41 Å². The number of halogens is 1. The van der Waals surface area contributed by atoms with Gasteiger partial charge in [-0.3, -0.25) is 4.79 Å². The molecule has 1 aliphatic heterocycles. The molecule has 0 aromatic heterocycles. The van der Waals surface area contributed by atoms with E-state index in [9.17, 15) is 4.79 Å². The van der Waals surface area contributed by atoms with E-state index >= 15 is 0 Å². The fraction of sp³-hybridized carbons (Fsp3) is 0.417. The smallest absolute Gasteiger partial charge is 0.176 e. The predicted molar refractivity (Wildman–Crippen MR) is 64.4 cm³/mol. The third kappa shape index (κ3) is 1.86. The van der Waals surface area contributed by atoms with Gasteiger partial charge < -0.3 is 5.32 Å². The lowest BCUT2D eigenvalue weighted by atomic mass is 9.82. The minimum Gasteiger partial charge on any atom is -0.309 e. The highest BCUT2D eigenvalue weighted by Gasteiger charge is 2.30. The normalized spacial score (nSPS) is 19.5. The van der Waals surface area contributed by atoms with Gasteiger partial charge in [-0.2, -0.15) is 0 Å². The average Bonchev–Trinajstić information content (AvgIpc) is 2.26. The van der Waals surface area contributed by atoms with Crippen LogP contribution in [-0.4, -0.2) is 18.9 Å². The molecule has 2 rings (SSSR count). The van der Waals surface area contributed by atoms with Gasteiger partial charge in [0.1, 0.15) is 0 Å². The van der Waals surface area contributed by atoms with Crippen molar-refractivity contribution < 1.29 is 4.79 Å². The Bertz CT molecular complexity index is 412. The number of rotatable bonds is 0. The molecule has 0 spiro atoms. The van der Waals surface area contributed by atoms with Crippen LogP contribution in [0.2, 0.25) is 0 Å². The van der Waals surface area contributed by atoms with Crippen LogP contribution >= 0.6 is 15.9 Å². The number of nitrogens with one attached hydrogen (secondary N) is 1. The van der Waals surface area contributed by atoms with E-state index in [1.807, 2.05) is 18.2 Å². The van der Waals surface area contributed by atoms with Gasteiger partial charge in [0.05, 0.1) is 6.54 Å². The summed E-state index contributed by atoms with van der Waals surface area (Å²) in [5.41, 5.74) is 1.96. The van der Waals surface area contributed by atoms with Crippen molar-refractivity contribution in [3.05, 3.63) is 33.8 Å². The molecule has 1 N–H and O–H groups in total. The molecule has 0 atom stereocenters. The van der Waals surface area contributed by atoms with Crippen molar-refractivity contribution in [2.45, 2.75) is 19.3 Å². The lowest BCUT2D eigenvalue weighted by molar-refractivity contribution is 0.0994. The zero-order valence-electron chi connectivity index (χ0n) is 8.93. The minimum atomic E-state index is -0.0123. The molecule has 0 amide bonds. The van der Waals surface area contributed by atoms with E-state index in [1.54, 1.807) is 0 Å². The Kier molecular flexibility index (Phi) is 2.69. The molecule has 0 unspecified atom stereocenters. The van der Waals surface area contributed by atoms with Crippen LogP contribution in [0.1, 0.15) is 29.8 Å². The Hall–Kier alpha value is -0.670. The van der Waals surface area contributed by atoms with Crippen LogP contribution in [0.15, 0.2) is 22.7 Å². The first-order valence-corrected chi connectivity index (χ1v) is 5.84. The molecule has 80 valence electrons. The Morgan fingerprint density at radius 1 is 1.40 bits per heavy atom. The van der Waals surface area contributed by atoms with Gasteiger partial charge in [-0.05, 0) is 11.6 Å². The molecular weight excluding hydrogens is 254 g/mol. The second-order valence-electron chi connectivity index (χ2n) is 4.57. The summed E-state index contributed by atoms with van der Waals surface area (Å²) in [6.45, 7) is 5.58. The highest BCUT2D eigenvalue weighted by molar-refractivity contribution is 9.10. The van der Waals surface area contributed by atoms with Crippen molar-refractivity contribution in [3.63, 3.8) is 0 Å². The fourth-order valence-electron chi connectivity index (χ4n) is 2.12. The van der Waals surface area contributed by atoms with Gasteiger partial charge in [-0.1, -0.05) is 41.9 Å². The molecule has 2 nitrogen and oxygen atoms in total. The van der Waals surface area contributed by atoms with Crippen molar-refractivity contribution in [2.75, 3.05) is 13.1 Å². The molecule has 0 saturated heterocycles. The maximum absolute atomic E-state index is 11.9. The standard InChI is InChI=1S/C12H14BrNO/c1-12(2)7-14-6-10(15)8-4-3-5-9(13)11(8)12/h3-5,14H,6-7H2,1-2H3. The number of ketones is 1. The first-order valence-electron chi connectivity index (χ1n) is 5.05. The highest BCUT2D eigenvalue weighted by atomic mass is 79.9. The zero-order valence-corrected chi connectivity index (χ0v) is 10.5. The molecule has 3 heteroatoms. The summed E-state index contributed by atoms with van der Waals surface area (Å²) in [5, 5.41) is 3.19. The van der Waals surface area contributed by atoms with E-state index in [0.29, 0.717) is 6.54 Å². The second kappa shape index (κ2) is 3.72. The van der Waals surface area contributed by atoms with Gasteiger partial charge >= 0.3 is 0 Å². The predicted octanol–water partition coefficient (Wildman–Crippen LogP) is 2.51. The quantitative estimate of drug-likeness (QED) is 0.783. The van der Waals surface area contributed by atoms with Crippen LogP contribution < -0.4 is 5.32 Å². The van der Waals surface area contributed by atoms with Gasteiger partial charge in [0, 0.05) is 22.0 Å². The van der Waals surface area contributed by atoms with E-state index < -0.39 is 0 Å². The molecule has 0 radical (unpaired) electrons. The maximum atomic E-state index is 11.9. The van der Waals surface area contributed by atoms with Crippen LogP contribution in [0.25, 0.3) is 0 Å². The molecule has 0 aliphatic carbocycles. The summed E-state index contributed by atoms with van der Waals surface area (Å²) in [4.78, 5) is 11.9. The van der Waals surface area contributed by atoms with Gasteiger partial charge in [-0.25, -0.2) is 0 Å². The molecule has 1 aromatic carbocycles. The Morgan fingerprint density at radius 2 is 2.13 bits per heavy atom. The minimum absolute atomic E-state index is 0.0123. The zero-order chi connectivity index (χ0) is 11.1. The Labute approximate surface area is 98.2 Å². The topological polar surface area (TPSA) is 29.1 Å². The SMILES string of the molecule is CC1(C)CNCC(=O)c2cccc(Br)c21. The third-order valence-corrected chi connectivity index (χ3v) is 3.50. The molecule has 15 heavy (non-hydrogen) atoms. The van der Waals surface area contributed by atoms with E-state index in [2.05, 4.69) is 35.1 Å². The Balaban J connectivity index is 2.68. The van der Waals surface area contributed by atoms with Crippen LogP contribution in [0, 0.1) is 0 Å². The largest absolute Gasteiger partial charge is 0.309 e. The van der Waals surface area contributed by atoms with Gasteiger partial charge in [0.25, 0.3) is 0 Å². The summed E-state index contributed by atoms with van der Waals surface area (Å²) in [7, 11) is 0. The lowest BCUT2D eigenvalue weighted by Crippen LogP contribution is -2.32. The van der Waals surface area contributed by atoms with Crippen molar-refractivity contribution in [1.29, 1.82) is 0 Å². The number of hydrogen-bond acceptors (Lipinski definition) is 2. The molecule has 0 bridgehead atoms. The Morgan fingerprint density at radius 3 is 2.87 bits per heavy atom. The number of carbonyl (C=O) groups excluding carboxylic acids is 1. The van der Waals surface area contributed by atoms with Crippen LogP contribution in [0.3, 0.4) is 0 Å². The van der Waals surface area contributed by atoms with Gasteiger partial charge in [0.15, 0.2) is 5.78 Å². The van der Waals surface area contributed by atoms with E-state index in [0.717, 1.165) is 22.1 Å². The summed E-state index contributed by atoms with van der Waals surface area (Å²) in [6, 6.07) is 5.83. The summed E-state index contributed by atoms with van der Waals surface area (Å²) in [6.07, 6.45) is 0. The maximum Gasteiger partial charge on any atom is 0.176 e. The first kappa shape index (κ1) is 10.8. The number of carbonyl (C=O) groups is 1. The molecule has 0 saturated carbocycles. The molecule has 0 fully saturated rings. The third-order valence-electron chi connectivity index (χ3n) is 2.84. The van der Waals surface area contributed by atoms with Crippen molar-refractivity contribution in [3.8, 4) is 0 Å². The average molecular weight is 268 g/mol. The van der Waals surface area contributed by atoms with Gasteiger partial charge in [-0.15, -0.1) is 0 Å². The molecular formula is C12H14BrNO. The summed E-state index contributed by atoms with van der Waals surface area (Å²) in [5.74, 6) is 0.178. The highest BCUT2D eigenvalue weighted by Crippen LogP contribution is 2.34. The lowest BCUT2D eigenvalue weighted by Gasteiger charge is -2.26. The van der Waals surface area contributed by atoms with Crippen molar-refractivity contribution in [2.24, 2.45) is 0 Å². The molecule has 1 heterocycles. The van der Waals surface area contributed by atoms with Crippen molar-refractivity contribution >= 4 is 21.7 Å². The number of hydrogen-bond donors (Lipinski definition) is 1. The van der Waals surface area contributed by atoms with E-state index in [1.165, 1.54) is 0 Å². The summed E-state index contributed by atoms with van der Waals surface area (Å²) >= 11 is 3.54. The second-order valence-corrected chi connectivity index (χ2v) is 5.43. The fourth-order valence-corrected chi connectivity index (χ4v) is 3.02. The van der Waals surface area contributed by atoms with Crippen LogP contribution in [0.5, 0.6) is 0 Å². The van der Waals surface area contributed by atoms with Crippen LogP contribution in [0.4, 0.5) is 0 Å². The first-order chi connectivity index (χ1) is 7.02.